The zero-order valence-corrected chi connectivity index (χ0v) is 12.7. The highest BCUT2D eigenvalue weighted by molar-refractivity contribution is 7.80. The first-order valence-electron chi connectivity index (χ1n) is 6.28. The van der Waals surface area contributed by atoms with E-state index in [9.17, 15) is 30.7 Å². The summed E-state index contributed by atoms with van der Waals surface area (Å²) in [6.07, 6.45) is -4.99. The van der Waals surface area contributed by atoms with Crippen molar-refractivity contribution in [2.24, 2.45) is 5.73 Å². The van der Waals surface area contributed by atoms with Gasteiger partial charge in [0.2, 0.25) is 0 Å². The first kappa shape index (κ1) is 18.8. The zero-order chi connectivity index (χ0) is 18.9. The molecule has 25 heavy (non-hydrogen) atoms. The number of ether oxygens (including phenoxy) is 1. The standard InChI is InChI=1S/C14H7F7N2OS/c15-6-3-10(23-13(22)25)11(4-7(6)16)24-12-8(17)1-5(2-9(12)18)14(19,20)21/h1-4H,(H3,22,23,25). The topological polar surface area (TPSA) is 47.3 Å². The molecule has 2 aromatic rings. The van der Waals surface area contributed by atoms with Gasteiger partial charge in [0.05, 0.1) is 11.3 Å². The van der Waals surface area contributed by atoms with Gasteiger partial charge >= 0.3 is 6.18 Å². The Balaban J connectivity index is 2.49. The fourth-order valence-electron chi connectivity index (χ4n) is 1.77. The van der Waals surface area contributed by atoms with E-state index in [2.05, 4.69) is 17.5 Å². The number of thiocarbonyl (C=S) groups is 1. The molecule has 0 aliphatic heterocycles. The summed E-state index contributed by atoms with van der Waals surface area (Å²) in [7, 11) is 0. The van der Waals surface area contributed by atoms with Crippen LogP contribution in [0.15, 0.2) is 24.3 Å². The summed E-state index contributed by atoms with van der Waals surface area (Å²) in [5.41, 5.74) is 3.21. The van der Waals surface area contributed by atoms with Crippen molar-refractivity contribution in [2.45, 2.75) is 6.18 Å². The number of nitrogens with two attached hydrogens (primary N) is 1. The largest absolute Gasteiger partial charge is 0.449 e. The van der Waals surface area contributed by atoms with Gasteiger partial charge in [-0.05, 0) is 24.4 Å². The van der Waals surface area contributed by atoms with E-state index in [1.54, 1.807) is 0 Å². The Labute approximate surface area is 141 Å². The maximum atomic E-state index is 13.8. The summed E-state index contributed by atoms with van der Waals surface area (Å²) in [6.45, 7) is 0. The quantitative estimate of drug-likeness (QED) is 0.595. The van der Waals surface area contributed by atoms with Gasteiger partial charge in [-0.15, -0.1) is 0 Å². The third kappa shape index (κ3) is 4.29. The molecule has 0 amide bonds. The lowest BCUT2D eigenvalue weighted by molar-refractivity contribution is -0.138. The average Bonchev–Trinajstić information content (AvgIpc) is 2.45. The van der Waals surface area contributed by atoms with E-state index in [1.165, 1.54) is 0 Å². The zero-order valence-electron chi connectivity index (χ0n) is 11.8. The van der Waals surface area contributed by atoms with Gasteiger partial charge in [0.15, 0.2) is 39.9 Å². The summed E-state index contributed by atoms with van der Waals surface area (Å²) in [6, 6.07) is 0.966. The monoisotopic (exact) mass is 384 g/mol. The van der Waals surface area contributed by atoms with Gasteiger partial charge in [0.1, 0.15) is 0 Å². The lowest BCUT2D eigenvalue weighted by Crippen LogP contribution is -2.19. The van der Waals surface area contributed by atoms with E-state index in [4.69, 9.17) is 10.5 Å². The van der Waals surface area contributed by atoms with Crippen molar-refractivity contribution in [1.29, 1.82) is 0 Å². The van der Waals surface area contributed by atoms with Crippen molar-refractivity contribution < 1.29 is 35.5 Å². The van der Waals surface area contributed by atoms with Gasteiger partial charge in [0.25, 0.3) is 0 Å². The van der Waals surface area contributed by atoms with Crippen LogP contribution in [0.2, 0.25) is 0 Å². The average molecular weight is 384 g/mol. The second-order valence-corrected chi connectivity index (χ2v) is 5.06. The molecule has 0 aliphatic rings. The summed E-state index contributed by atoms with van der Waals surface area (Å²) in [5, 5.41) is 1.79. The van der Waals surface area contributed by atoms with Crippen molar-refractivity contribution in [2.75, 3.05) is 5.32 Å². The Bertz CT molecular complexity index is 816. The summed E-state index contributed by atoms with van der Waals surface area (Å²) in [5.74, 6) is -8.07. The second-order valence-electron chi connectivity index (χ2n) is 4.62. The lowest BCUT2D eigenvalue weighted by atomic mass is 10.2. The molecule has 3 nitrogen and oxygen atoms in total. The van der Waals surface area contributed by atoms with Crippen LogP contribution in [0.3, 0.4) is 0 Å². The highest BCUT2D eigenvalue weighted by Gasteiger charge is 2.33. The molecule has 2 aromatic carbocycles. The number of nitrogens with one attached hydrogen (secondary N) is 1. The molecule has 0 unspecified atom stereocenters. The van der Waals surface area contributed by atoms with Gasteiger partial charge in [-0.25, -0.2) is 17.6 Å². The Kier molecular flexibility index (Phi) is 5.07. The number of hydrogen-bond donors (Lipinski definition) is 2. The van der Waals surface area contributed by atoms with Crippen LogP contribution in [-0.2, 0) is 6.18 Å². The van der Waals surface area contributed by atoms with Crippen LogP contribution in [-0.4, -0.2) is 5.11 Å². The molecule has 0 fully saturated rings. The van der Waals surface area contributed by atoms with E-state index in [0.29, 0.717) is 12.1 Å². The maximum Gasteiger partial charge on any atom is 0.416 e. The van der Waals surface area contributed by atoms with Crippen LogP contribution in [0.5, 0.6) is 11.5 Å². The van der Waals surface area contributed by atoms with Gasteiger partial charge in [-0.1, -0.05) is 0 Å². The molecule has 11 heteroatoms. The van der Waals surface area contributed by atoms with Crippen LogP contribution in [0.1, 0.15) is 5.56 Å². The van der Waals surface area contributed by atoms with Crippen LogP contribution < -0.4 is 15.8 Å². The molecule has 0 heterocycles. The van der Waals surface area contributed by atoms with E-state index in [0.717, 1.165) is 0 Å². The van der Waals surface area contributed by atoms with Crippen molar-refractivity contribution in [3.8, 4) is 11.5 Å². The van der Waals surface area contributed by atoms with Crippen LogP contribution in [0, 0.1) is 23.3 Å². The van der Waals surface area contributed by atoms with Gasteiger partial charge in [0, 0.05) is 12.1 Å². The van der Waals surface area contributed by atoms with Gasteiger partial charge in [-0.2, -0.15) is 13.2 Å². The molecular formula is C14H7F7N2OS. The van der Waals surface area contributed by atoms with Gasteiger partial charge < -0.3 is 15.8 Å². The minimum absolute atomic E-state index is 0.00103. The van der Waals surface area contributed by atoms with Gasteiger partial charge in [-0.3, -0.25) is 0 Å². The highest BCUT2D eigenvalue weighted by Crippen LogP contribution is 2.38. The minimum Gasteiger partial charge on any atom is -0.449 e. The summed E-state index contributed by atoms with van der Waals surface area (Å²) < 4.78 is 96.5. The molecule has 0 aromatic heterocycles. The van der Waals surface area contributed by atoms with E-state index >= 15 is 0 Å². The number of rotatable bonds is 3. The molecule has 134 valence electrons. The highest BCUT2D eigenvalue weighted by atomic mass is 32.1. The molecule has 0 radical (unpaired) electrons. The van der Waals surface area contributed by atoms with E-state index in [-0.39, 0.29) is 17.8 Å². The molecule has 0 atom stereocenters. The van der Waals surface area contributed by atoms with E-state index in [1.807, 2.05) is 0 Å². The minimum atomic E-state index is -4.99. The molecule has 0 saturated carbocycles. The summed E-state index contributed by atoms with van der Waals surface area (Å²) in [4.78, 5) is 0. The first-order chi connectivity index (χ1) is 11.5. The molecular weight excluding hydrogens is 377 g/mol. The summed E-state index contributed by atoms with van der Waals surface area (Å²) >= 11 is 4.51. The predicted molar refractivity (Wildman–Crippen MR) is 78.2 cm³/mol. The first-order valence-corrected chi connectivity index (χ1v) is 6.69. The van der Waals surface area contributed by atoms with Crippen LogP contribution in [0.4, 0.5) is 36.4 Å². The van der Waals surface area contributed by atoms with Crippen molar-refractivity contribution in [3.63, 3.8) is 0 Å². The third-order valence-electron chi connectivity index (χ3n) is 2.82. The van der Waals surface area contributed by atoms with Crippen LogP contribution >= 0.6 is 12.2 Å². The normalized spacial score (nSPS) is 11.3. The van der Waals surface area contributed by atoms with Crippen molar-refractivity contribution >= 4 is 23.0 Å². The Morgan fingerprint density at radius 1 is 0.920 bits per heavy atom. The number of alkyl halides is 3. The molecule has 0 spiro atoms. The Morgan fingerprint density at radius 2 is 1.44 bits per heavy atom. The van der Waals surface area contributed by atoms with Crippen molar-refractivity contribution in [1.82, 2.24) is 0 Å². The maximum absolute atomic E-state index is 13.8. The SMILES string of the molecule is NC(=S)Nc1cc(F)c(F)cc1Oc1c(F)cc(C(F)(F)F)cc1F. The van der Waals surface area contributed by atoms with Crippen LogP contribution in [0.25, 0.3) is 0 Å². The molecule has 3 N–H and O–H groups in total. The molecule has 0 bridgehead atoms. The molecule has 0 aliphatic carbocycles. The molecule has 2 rings (SSSR count). The smallest absolute Gasteiger partial charge is 0.416 e. The molecule has 0 saturated heterocycles. The lowest BCUT2D eigenvalue weighted by Gasteiger charge is -2.15. The number of benzene rings is 2. The number of halogens is 7. The fourth-order valence-corrected chi connectivity index (χ4v) is 1.88. The number of anilines is 1. The Morgan fingerprint density at radius 3 is 1.92 bits per heavy atom. The Hall–Kier alpha value is -2.56. The fraction of sp³-hybridized carbons (Fsp3) is 0.0714. The van der Waals surface area contributed by atoms with Crippen molar-refractivity contribution in [3.05, 3.63) is 53.1 Å². The van der Waals surface area contributed by atoms with E-state index < -0.39 is 51.6 Å². The third-order valence-corrected chi connectivity index (χ3v) is 2.92. The predicted octanol–water partition coefficient (Wildman–Crippen LogP) is 4.71. The number of hydrogen-bond acceptors (Lipinski definition) is 2. The second kappa shape index (κ2) is 6.75.